The Bertz CT molecular complexity index is 1180. The number of hydrogen-bond donors (Lipinski definition) is 1. The van der Waals surface area contributed by atoms with Gasteiger partial charge in [-0.1, -0.05) is 33.1 Å². The van der Waals surface area contributed by atoms with Crippen LogP contribution in [0.15, 0.2) is 18.2 Å². The molecule has 200 valence electrons. The van der Waals surface area contributed by atoms with Gasteiger partial charge in [-0.3, -0.25) is 19.2 Å². The molecule has 9 heteroatoms. The molecular weight excluding hydrogens is 475 g/mol. The number of amides is 3. The van der Waals surface area contributed by atoms with Crippen LogP contribution in [0.1, 0.15) is 73.2 Å². The van der Waals surface area contributed by atoms with Gasteiger partial charge in [0.15, 0.2) is 6.29 Å². The zero-order valence-corrected chi connectivity index (χ0v) is 22.0. The first-order valence-electron chi connectivity index (χ1n) is 13.4. The molecular formula is C28H37FN4O4. The Kier molecular flexibility index (Phi) is 8.29. The van der Waals surface area contributed by atoms with Crippen LogP contribution in [0.5, 0.6) is 0 Å². The van der Waals surface area contributed by atoms with Crippen LogP contribution in [0.3, 0.4) is 0 Å². The maximum absolute atomic E-state index is 13.8. The minimum Gasteiger partial charge on any atom is -0.344 e. The number of rotatable bonds is 7. The van der Waals surface area contributed by atoms with Gasteiger partial charge in [0.2, 0.25) is 11.8 Å². The van der Waals surface area contributed by atoms with Crippen molar-refractivity contribution in [3.05, 3.63) is 35.3 Å². The predicted molar refractivity (Wildman–Crippen MR) is 139 cm³/mol. The molecule has 1 saturated heterocycles. The first-order valence-corrected chi connectivity index (χ1v) is 13.4. The molecule has 1 saturated carbocycles. The number of fused-ring (bicyclic) bond motifs is 1. The van der Waals surface area contributed by atoms with E-state index in [9.17, 15) is 23.6 Å². The minimum absolute atomic E-state index is 0.0793. The number of aryl methyl sites for hydroxylation is 1. The second kappa shape index (κ2) is 11.4. The first-order chi connectivity index (χ1) is 17.8. The summed E-state index contributed by atoms with van der Waals surface area (Å²) in [6.07, 6.45) is 6.43. The van der Waals surface area contributed by atoms with E-state index in [1.165, 1.54) is 12.1 Å². The van der Waals surface area contributed by atoms with Crippen molar-refractivity contribution < 1.29 is 23.6 Å². The zero-order valence-electron chi connectivity index (χ0n) is 22.0. The molecule has 1 aliphatic carbocycles. The van der Waals surface area contributed by atoms with Crippen LogP contribution in [0.4, 0.5) is 4.39 Å². The third-order valence-electron chi connectivity index (χ3n) is 8.14. The van der Waals surface area contributed by atoms with Crippen LogP contribution >= 0.6 is 0 Å². The summed E-state index contributed by atoms with van der Waals surface area (Å²) in [7, 11) is 1.69. The van der Waals surface area contributed by atoms with E-state index in [1.807, 2.05) is 13.8 Å². The summed E-state index contributed by atoms with van der Waals surface area (Å²) >= 11 is 0. The molecule has 0 spiro atoms. The molecule has 1 aliphatic heterocycles. The Morgan fingerprint density at radius 1 is 1.08 bits per heavy atom. The van der Waals surface area contributed by atoms with Gasteiger partial charge in [-0.25, -0.2) is 4.39 Å². The third kappa shape index (κ3) is 5.40. The van der Waals surface area contributed by atoms with Gasteiger partial charge in [0.05, 0.1) is 5.56 Å². The summed E-state index contributed by atoms with van der Waals surface area (Å²) in [6, 6.07) is 3.59. The van der Waals surface area contributed by atoms with Crippen LogP contribution in [-0.2, 0) is 16.6 Å². The molecule has 4 rings (SSSR count). The van der Waals surface area contributed by atoms with E-state index in [0.717, 1.165) is 32.1 Å². The number of aldehydes is 1. The number of carbonyl (C=O) groups excluding carboxylic acids is 4. The van der Waals surface area contributed by atoms with Crippen molar-refractivity contribution in [1.29, 1.82) is 0 Å². The summed E-state index contributed by atoms with van der Waals surface area (Å²) in [5.74, 6) is -0.990. The summed E-state index contributed by atoms with van der Waals surface area (Å²) in [4.78, 5) is 55.0. The van der Waals surface area contributed by atoms with Crippen LogP contribution in [0.2, 0.25) is 0 Å². The minimum atomic E-state index is -0.543. The lowest BCUT2D eigenvalue weighted by molar-refractivity contribution is -0.140. The fourth-order valence-corrected chi connectivity index (χ4v) is 5.63. The van der Waals surface area contributed by atoms with Gasteiger partial charge in [0, 0.05) is 50.0 Å². The summed E-state index contributed by atoms with van der Waals surface area (Å²) in [5.41, 5.74) is 0.995. The van der Waals surface area contributed by atoms with E-state index in [2.05, 4.69) is 5.32 Å². The van der Waals surface area contributed by atoms with Gasteiger partial charge in [0.1, 0.15) is 17.6 Å². The number of aromatic nitrogens is 1. The largest absolute Gasteiger partial charge is 0.344 e. The highest BCUT2D eigenvalue weighted by Gasteiger charge is 2.36. The van der Waals surface area contributed by atoms with Crippen LogP contribution in [-0.4, -0.2) is 70.6 Å². The highest BCUT2D eigenvalue weighted by molar-refractivity contribution is 6.10. The maximum Gasteiger partial charge on any atom is 0.271 e. The fourth-order valence-electron chi connectivity index (χ4n) is 5.63. The average Bonchev–Trinajstić information content (AvgIpc) is 3.21. The summed E-state index contributed by atoms with van der Waals surface area (Å²) < 4.78 is 15.5. The number of hydrogen-bond acceptors (Lipinski definition) is 4. The van der Waals surface area contributed by atoms with Gasteiger partial charge < -0.3 is 19.7 Å². The Morgan fingerprint density at radius 2 is 1.73 bits per heavy atom. The van der Waals surface area contributed by atoms with Crippen molar-refractivity contribution in [2.45, 2.75) is 58.4 Å². The van der Waals surface area contributed by atoms with Gasteiger partial charge in [-0.15, -0.1) is 0 Å². The first kappa shape index (κ1) is 26.8. The average molecular weight is 513 g/mol. The number of nitrogens with one attached hydrogen (secondary N) is 1. The number of piperazine rings is 1. The number of nitrogens with zero attached hydrogens (tertiary/aromatic N) is 3. The fraction of sp³-hybridized carbons (Fsp3) is 0.571. The van der Waals surface area contributed by atoms with E-state index in [0.29, 0.717) is 49.8 Å². The molecule has 1 N–H and O–H groups in total. The SMILES string of the molecule is CC[C@@H](C)C(=O)N[C@H](C(=O)N1CCN(C(=O)c2c(C=O)c3cc(F)ccc3n2C)CC1)C1CCCCC1. The van der Waals surface area contributed by atoms with Crippen molar-refractivity contribution in [1.82, 2.24) is 19.7 Å². The highest BCUT2D eigenvalue weighted by atomic mass is 19.1. The molecule has 2 aliphatic rings. The number of halogens is 1. The standard InChI is InChI=1S/C28H37FN4O4/c1-4-18(2)26(35)30-24(19-8-6-5-7-9-19)27(36)32-12-14-33(15-13-32)28(37)25-22(17-34)21-16-20(29)10-11-23(21)31(25)3/h10-11,16-19,24H,4-9,12-15H2,1-3H3,(H,30,35)/t18-,24+/m1/s1. The van der Waals surface area contributed by atoms with Crippen molar-refractivity contribution in [3.8, 4) is 0 Å². The van der Waals surface area contributed by atoms with E-state index >= 15 is 0 Å². The van der Waals surface area contributed by atoms with Gasteiger partial charge in [-0.2, -0.15) is 0 Å². The molecule has 2 fully saturated rings. The number of benzene rings is 1. The molecule has 0 unspecified atom stereocenters. The van der Waals surface area contributed by atoms with Crippen molar-refractivity contribution >= 4 is 34.9 Å². The lowest BCUT2D eigenvalue weighted by atomic mass is 9.83. The summed E-state index contributed by atoms with van der Waals surface area (Å²) in [6.45, 7) is 5.16. The second-order valence-electron chi connectivity index (χ2n) is 10.4. The molecule has 2 aromatic rings. The Labute approximate surface area is 217 Å². The molecule has 37 heavy (non-hydrogen) atoms. The molecule has 2 heterocycles. The molecule has 1 aromatic carbocycles. The smallest absolute Gasteiger partial charge is 0.271 e. The normalized spacial score (nSPS) is 18.5. The predicted octanol–water partition coefficient (Wildman–Crippen LogP) is 3.53. The maximum atomic E-state index is 13.8. The number of carbonyl (C=O) groups is 4. The van der Waals surface area contributed by atoms with E-state index in [4.69, 9.17) is 0 Å². The topological polar surface area (TPSA) is 91.7 Å². The molecule has 2 atom stereocenters. The van der Waals surface area contributed by atoms with Gasteiger partial charge >= 0.3 is 0 Å². The molecule has 3 amide bonds. The van der Waals surface area contributed by atoms with Crippen molar-refractivity contribution in [2.24, 2.45) is 18.9 Å². The van der Waals surface area contributed by atoms with E-state index in [1.54, 1.807) is 27.5 Å². The van der Waals surface area contributed by atoms with Gasteiger partial charge in [0.25, 0.3) is 5.91 Å². The Hall–Kier alpha value is -3.23. The quantitative estimate of drug-likeness (QED) is 0.575. The van der Waals surface area contributed by atoms with Crippen molar-refractivity contribution in [2.75, 3.05) is 26.2 Å². The third-order valence-corrected chi connectivity index (χ3v) is 8.14. The Morgan fingerprint density at radius 3 is 2.35 bits per heavy atom. The van der Waals surface area contributed by atoms with Crippen LogP contribution in [0, 0.1) is 17.7 Å². The van der Waals surface area contributed by atoms with Crippen molar-refractivity contribution in [3.63, 3.8) is 0 Å². The lowest BCUT2D eigenvalue weighted by Crippen LogP contribution is -2.58. The second-order valence-corrected chi connectivity index (χ2v) is 10.4. The molecule has 0 radical (unpaired) electrons. The molecule has 8 nitrogen and oxygen atoms in total. The Balaban J connectivity index is 1.48. The van der Waals surface area contributed by atoms with Gasteiger partial charge in [-0.05, 0) is 43.4 Å². The van der Waals surface area contributed by atoms with Crippen LogP contribution < -0.4 is 5.32 Å². The van der Waals surface area contributed by atoms with E-state index in [-0.39, 0.29) is 40.8 Å². The van der Waals surface area contributed by atoms with E-state index < -0.39 is 11.9 Å². The lowest BCUT2D eigenvalue weighted by Gasteiger charge is -2.39. The zero-order chi connectivity index (χ0) is 26.7. The summed E-state index contributed by atoms with van der Waals surface area (Å²) in [5, 5.41) is 3.46. The molecule has 1 aromatic heterocycles. The monoisotopic (exact) mass is 512 g/mol. The molecule has 0 bridgehead atoms. The highest BCUT2D eigenvalue weighted by Crippen LogP contribution is 2.29. The van der Waals surface area contributed by atoms with Crippen LogP contribution in [0.25, 0.3) is 10.9 Å².